The van der Waals surface area contributed by atoms with Gasteiger partial charge in [-0.2, -0.15) is 0 Å². The van der Waals surface area contributed by atoms with Crippen LogP contribution < -0.4 is 4.74 Å². The molecule has 0 radical (unpaired) electrons. The van der Waals surface area contributed by atoms with Crippen molar-refractivity contribution in [2.75, 3.05) is 0 Å². The van der Waals surface area contributed by atoms with Crippen LogP contribution in [-0.4, -0.2) is 33.8 Å². The van der Waals surface area contributed by atoms with Gasteiger partial charge >= 0.3 is 12.3 Å². The summed E-state index contributed by atoms with van der Waals surface area (Å²) in [6.07, 6.45) is -9.51. The van der Waals surface area contributed by atoms with Crippen LogP contribution >= 0.6 is 0 Å². The zero-order valence-corrected chi connectivity index (χ0v) is 9.76. The van der Waals surface area contributed by atoms with Crippen LogP contribution in [0.2, 0.25) is 0 Å². The standard InChI is InChI=1S/C11H10F4O5/c12-7-3-5(20-11(13,14)15)1-2-6(7)10(19)8(16)4-9(17)18/h1-3,8,10,16,19H,4H2,(H,17,18). The molecular formula is C11H10F4O5. The van der Waals surface area contributed by atoms with E-state index in [1.807, 2.05) is 0 Å². The summed E-state index contributed by atoms with van der Waals surface area (Å²) < 4.78 is 52.7. The van der Waals surface area contributed by atoms with Crippen molar-refractivity contribution in [3.05, 3.63) is 29.6 Å². The predicted molar refractivity (Wildman–Crippen MR) is 56.3 cm³/mol. The maximum absolute atomic E-state index is 13.5. The van der Waals surface area contributed by atoms with Crippen LogP contribution in [0.5, 0.6) is 5.75 Å². The van der Waals surface area contributed by atoms with Gasteiger partial charge in [-0.1, -0.05) is 0 Å². The van der Waals surface area contributed by atoms with E-state index < -0.39 is 48.1 Å². The first-order valence-electron chi connectivity index (χ1n) is 5.23. The molecule has 112 valence electrons. The molecule has 0 aliphatic rings. The molecule has 1 aromatic carbocycles. The second-order valence-corrected chi connectivity index (χ2v) is 3.84. The van der Waals surface area contributed by atoms with E-state index in [0.717, 1.165) is 12.1 Å². The van der Waals surface area contributed by atoms with Gasteiger partial charge < -0.3 is 20.1 Å². The van der Waals surface area contributed by atoms with Gasteiger partial charge in [0, 0.05) is 11.6 Å². The van der Waals surface area contributed by atoms with E-state index in [0.29, 0.717) is 6.07 Å². The van der Waals surface area contributed by atoms with Crippen molar-refractivity contribution in [2.24, 2.45) is 0 Å². The first-order chi connectivity index (χ1) is 9.10. The highest BCUT2D eigenvalue weighted by atomic mass is 19.4. The van der Waals surface area contributed by atoms with Crippen LogP contribution in [0, 0.1) is 5.82 Å². The molecule has 0 fully saturated rings. The third kappa shape index (κ3) is 4.67. The third-order valence-corrected chi connectivity index (χ3v) is 2.27. The molecule has 0 aliphatic heterocycles. The average molecular weight is 298 g/mol. The number of carboxylic acids is 1. The van der Waals surface area contributed by atoms with E-state index in [1.165, 1.54) is 0 Å². The van der Waals surface area contributed by atoms with Crippen molar-refractivity contribution < 1.29 is 42.4 Å². The fourth-order valence-corrected chi connectivity index (χ4v) is 1.44. The van der Waals surface area contributed by atoms with E-state index in [2.05, 4.69) is 4.74 Å². The predicted octanol–water partition coefficient (Wildman–Crippen LogP) is 1.59. The number of ether oxygens (including phenoxy) is 1. The quantitative estimate of drug-likeness (QED) is 0.719. The highest BCUT2D eigenvalue weighted by molar-refractivity contribution is 5.67. The van der Waals surface area contributed by atoms with Crippen LogP contribution in [-0.2, 0) is 4.79 Å². The van der Waals surface area contributed by atoms with E-state index in [9.17, 15) is 32.6 Å². The Morgan fingerprint density at radius 1 is 1.30 bits per heavy atom. The molecule has 0 aliphatic carbocycles. The molecule has 0 bridgehead atoms. The molecular weight excluding hydrogens is 288 g/mol. The molecule has 0 spiro atoms. The molecule has 20 heavy (non-hydrogen) atoms. The van der Waals surface area contributed by atoms with Gasteiger partial charge in [-0.15, -0.1) is 13.2 Å². The minimum atomic E-state index is -4.99. The Hall–Kier alpha value is -1.87. The summed E-state index contributed by atoms with van der Waals surface area (Å²) in [6.45, 7) is 0. The molecule has 1 aromatic rings. The van der Waals surface area contributed by atoms with E-state index in [1.54, 1.807) is 0 Å². The summed E-state index contributed by atoms with van der Waals surface area (Å²) in [7, 11) is 0. The zero-order chi connectivity index (χ0) is 15.5. The minimum Gasteiger partial charge on any atom is -0.481 e. The third-order valence-electron chi connectivity index (χ3n) is 2.27. The molecule has 9 heteroatoms. The molecule has 0 amide bonds. The summed E-state index contributed by atoms with van der Waals surface area (Å²) in [5.74, 6) is -3.52. The second kappa shape index (κ2) is 6.06. The highest BCUT2D eigenvalue weighted by Gasteiger charge is 2.32. The fourth-order valence-electron chi connectivity index (χ4n) is 1.44. The number of aliphatic hydroxyl groups excluding tert-OH is 2. The first kappa shape index (κ1) is 16.2. The van der Waals surface area contributed by atoms with Gasteiger partial charge in [0.1, 0.15) is 17.7 Å². The van der Waals surface area contributed by atoms with Crippen molar-refractivity contribution in [2.45, 2.75) is 25.0 Å². The number of aliphatic carboxylic acids is 1. The van der Waals surface area contributed by atoms with Gasteiger partial charge in [-0.25, -0.2) is 4.39 Å². The Morgan fingerprint density at radius 3 is 2.35 bits per heavy atom. The minimum absolute atomic E-state index is 0.375. The molecule has 2 atom stereocenters. The molecule has 0 heterocycles. The maximum Gasteiger partial charge on any atom is 0.573 e. The van der Waals surface area contributed by atoms with Gasteiger partial charge in [-0.3, -0.25) is 4.79 Å². The maximum atomic E-state index is 13.5. The van der Waals surface area contributed by atoms with Crippen molar-refractivity contribution in [3.63, 3.8) is 0 Å². The van der Waals surface area contributed by atoms with Gasteiger partial charge in [0.15, 0.2) is 0 Å². The number of carbonyl (C=O) groups is 1. The normalized spacial score (nSPS) is 14.7. The number of rotatable bonds is 5. The van der Waals surface area contributed by atoms with Crippen molar-refractivity contribution in [1.82, 2.24) is 0 Å². The van der Waals surface area contributed by atoms with Gasteiger partial charge in [0.05, 0.1) is 12.5 Å². The van der Waals surface area contributed by atoms with Gasteiger partial charge in [-0.05, 0) is 12.1 Å². The van der Waals surface area contributed by atoms with Gasteiger partial charge in [0.2, 0.25) is 0 Å². The molecule has 0 aromatic heterocycles. The van der Waals surface area contributed by atoms with E-state index in [-0.39, 0.29) is 0 Å². The van der Waals surface area contributed by atoms with E-state index >= 15 is 0 Å². The summed E-state index contributed by atoms with van der Waals surface area (Å²) in [4.78, 5) is 10.3. The lowest BCUT2D eigenvalue weighted by atomic mass is 10.0. The van der Waals surface area contributed by atoms with Crippen molar-refractivity contribution in [3.8, 4) is 5.75 Å². The highest BCUT2D eigenvalue weighted by Crippen LogP contribution is 2.28. The summed E-state index contributed by atoms with van der Waals surface area (Å²) in [6, 6.07) is 1.88. The fraction of sp³-hybridized carbons (Fsp3) is 0.364. The Bertz CT molecular complexity index is 488. The molecule has 0 saturated heterocycles. The lowest BCUT2D eigenvalue weighted by Crippen LogP contribution is -2.23. The molecule has 3 N–H and O–H groups in total. The van der Waals surface area contributed by atoms with E-state index in [4.69, 9.17) is 5.11 Å². The number of hydrogen-bond acceptors (Lipinski definition) is 4. The average Bonchev–Trinajstić information content (AvgIpc) is 2.25. The van der Waals surface area contributed by atoms with Gasteiger partial charge in [0.25, 0.3) is 0 Å². The van der Waals surface area contributed by atoms with Crippen molar-refractivity contribution in [1.29, 1.82) is 0 Å². The second-order valence-electron chi connectivity index (χ2n) is 3.84. The molecule has 5 nitrogen and oxygen atoms in total. The van der Waals surface area contributed by atoms with Crippen LogP contribution in [0.1, 0.15) is 18.1 Å². The SMILES string of the molecule is O=C(O)CC(O)C(O)c1ccc(OC(F)(F)F)cc1F. The number of hydrogen-bond donors (Lipinski definition) is 3. The Labute approximate surface area is 110 Å². The first-order valence-corrected chi connectivity index (χ1v) is 5.23. The Morgan fingerprint density at radius 2 is 1.90 bits per heavy atom. The van der Waals surface area contributed by atoms with Crippen molar-refractivity contribution >= 4 is 5.97 Å². The smallest absolute Gasteiger partial charge is 0.481 e. The summed E-state index contributed by atoms with van der Waals surface area (Å²) in [5.41, 5.74) is -0.534. The lowest BCUT2D eigenvalue weighted by Gasteiger charge is -2.18. The molecule has 2 unspecified atom stereocenters. The number of alkyl halides is 3. The number of benzene rings is 1. The lowest BCUT2D eigenvalue weighted by molar-refractivity contribution is -0.274. The number of aliphatic hydroxyl groups is 2. The van der Waals surface area contributed by atoms with Crippen LogP contribution in [0.4, 0.5) is 17.6 Å². The monoisotopic (exact) mass is 298 g/mol. The van der Waals surface area contributed by atoms with Crippen LogP contribution in [0.25, 0.3) is 0 Å². The molecule has 1 rings (SSSR count). The number of halogens is 4. The Kier molecular flexibility index (Phi) is 4.90. The largest absolute Gasteiger partial charge is 0.573 e. The zero-order valence-electron chi connectivity index (χ0n) is 9.76. The Balaban J connectivity index is 2.90. The number of carboxylic acid groups (broad SMARTS) is 1. The summed E-state index contributed by atoms with van der Waals surface area (Å²) >= 11 is 0. The molecule has 0 saturated carbocycles. The topological polar surface area (TPSA) is 87.0 Å². The van der Waals surface area contributed by atoms with Crippen LogP contribution in [0.3, 0.4) is 0 Å². The van der Waals surface area contributed by atoms with Crippen LogP contribution in [0.15, 0.2) is 18.2 Å². The summed E-state index contributed by atoms with van der Waals surface area (Å²) in [5, 5.41) is 27.2.